The molecule has 0 saturated carbocycles. The number of aryl methyl sites for hydroxylation is 1. The molecule has 1 aliphatic heterocycles. The fourth-order valence-electron chi connectivity index (χ4n) is 3.65. The van der Waals surface area contributed by atoms with Crippen molar-refractivity contribution in [2.75, 3.05) is 13.1 Å². The number of hydrogen-bond donors (Lipinski definition) is 1. The highest BCUT2D eigenvalue weighted by molar-refractivity contribution is 5.94. The number of carbonyl (C=O) groups is 1. The molecular weight excluding hydrogens is 328 g/mol. The summed E-state index contributed by atoms with van der Waals surface area (Å²) >= 11 is 0. The van der Waals surface area contributed by atoms with Crippen LogP contribution < -0.4 is 5.56 Å². The van der Waals surface area contributed by atoms with Crippen molar-refractivity contribution in [2.45, 2.75) is 25.7 Å². The van der Waals surface area contributed by atoms with Gasteiger partial charge in [0.05, 0.1) is 11.0 Å². The van der Waals surface area contributed by atoms with Gasteiger partial charge in [0.25, 0.3) is 11.5 Å². The van der Waals surface area contributed by atoms with Gasteiger partial charge in [-0.05, 0) is 50.1 Å². The van der Waals surface area contributed by atoms with E-state index in [0.717, 1.165) is 29.6 Å². The molecular formula is C20H22N4O2. The second-order valence-electron chi connectivity index (χ2n) is 6.98. The highest BCUT2D eigenvalue weighted by atomic mass is 16.2. The molecule has 26 heavy (non-hydrogen) atoms. The van der Waals surface area contributed by atoms with E-state index in [2.05, 4.69) is 16.0 Å². The van der Waals surface area contributed by atoms with E-state index < -0.39 is 0 Å². The van der Waals surface area contributed by atoms with E-state index >= 15 is 0 Å². The summed E-state index contributed by atoms with van der Waals surface area (Å²) in [6, 6.07) is 9.52. The monoisotopic (exact) mass is 350 g/mol. The van der Waals surface area contributed by atoms with E-state index in [1.54, 1.807) is 24.2 Å². The second kappa shape index (κ2) is 6.44. The molecule has 0 radical (unpaired) electrons. The van der Waals surface area contributed by atoms with Crippen LogP contribution in [0.5, 0.6) is 0 Å². The molecule has 134 valence electrons. The third kappa shape index (κ3) is 2.81. The van der Waals surface area contributed by atoms with Crippen molar-refractivity contribution in [3.05, 3.63) is 63.8 Å². The van der Waals surface area contributed by atoms with Crippen LogP contribution in [0.25, 0.3) is 11.0 Å². The first kappa shape index (κ1) is 16.6. The number of aromatic nitrogens is 3. The maximum atomic E-state index is 12.8. The molecule has 3 aromatic rings. The Morgan fingerprint density at radius 2 is 2.00 bits per heavy atom. The van der Waals surface area contributed by atoms with Crippen molar-refractivity contribution in [2.24, 2.45) is 7.05 Å². The standard InChI is InChI=1S/C20H22N4O2/c1-13-5-6-15(19(25)23(13)2)20(26)24-10-7-14(8-11-24)17-12-18-16(22-17)4-3-9-21-18/h3-6,9,12,14,22H,7-8,10-11H2,1-2H3. The summed E-state index contributed by atoms with van der Waals surface area (Å²) in [5, 5.41) is 0. The van der Waals surface area contributed by atoms with Crippen LogP contribution in [0, 0.1) is 6.92 Å². The summed E-state index contributed by atoms with van der Waals surface area (Å²) in [7, 11) is 1.70. The summed E-state index contributed by atoms with van der Waals surface area (Å²) in [6.45, 7) is 3.17. The smallest absolute Gasteiger partial charge is 0.263 e. The Bertz CT molecular complexity index is 993. The first-order chi connectivity index (χ1) is 12.5. The topological polar surface area (TPSA) is 71.0 Å². The predicted molar refractivity (Wildman–Crippen MR) is 100 cm³/mol. The number of piperidine rings is 1. The molecule has 4 rings (SSSR count). The Labute approximate surface area is 151 Å². The molecule has 4 heterocycles. The van der Waals surface area contributed by atoms with Gasteiger partial charge in [0.1, 0.15) is 5.56 Å². The van der Waals surface area contributed by atoms with Gasteiger partial charge in [-0.15, -0.1) is 0 Å². The van der Waals surface area contributed by atoms with Gasteiger partial charge >= 0.3 is 0 Å². The van der Waals surface area contributed by atoms with Crippen LogP contribution in [-0.4, -0.2) is 38.4 Å². The molecule has 1 fully saturated rings. The molecule has 6 nitrogen and oxygen atoms in total. The zero-order valence-electron chi connectivity index (χ0n) is 15.0. The Morgan fingerprint density at radius 3 is 2.73 bits per heavy atom. The fraction of sp³-hybridized carbons (Fsp3) is 0.350. The molecule has 0 spiro atoms. The van der Waals surface area contributed by atoms with Crippen molar-refractivity contribution < 1.29 is 4.79 Å². The highest BCUT2D eigenvalue weighted by Crippen LogP contribution is 2.29. The van der Waals surface area contributed by atoms with Crippen LogP contribution in [0.2, 0.25) is 0 Å². The van der Waals surface area contributed by atoms with E-state index in [9.17, 15) is 9.59 Å². The van der Waals surface area contributed by atoms with Crippen LogP contribution >= 0.6 is 0 Å². The number of likely N-dealkylation sites (tertiary alicyclic amines) is 1. The third-order valence-electron chi connectivity index (χ3n) is 5.42. The van der Waals surface area contributed by atoms with E-state index in [1.807, 2.05) is 25.1 Å². The zero-order chi connectivity index (χ0) is 18.3. The molecule has 1 N–H and O–H groups in total. The number of aromatic amines is 1. The quantitative estimate of drug-likeness (QED) is 0.772. The summed E-state index contributed by atoms with van der Waals surface area (Å²) < 4.78 is 1.53. The van der Waals surface area contributed by atoms with E-state index in [-0.39, 0.29) is 17.0 Å². The lowest BCUT2D eigenvalue weighted by Crippen LogP contribution is -2.41. The lowest BCUT2D eigenvalue weighted by atomic mass is 9.93. The minimum Gasteiger partial charge on any atom is -0.357 e. The largest absolute Gasteiger partial charge is 0.357 e. The molecule has 1 saturated heterocycles. The predicted octanol–water partition coefficient (Wildman–Crippen LogP) is 2.59. The maximum absolute atomic E-state index is 12.8. The average Bonchev–Trinajstić information content (AvgIpc) is 3.10. The number of hydrogen-bond acceptors (Lipinski definition) is 3. The first-order valence-electron chi connectivity index (χ1n) is 8.94. The molecule has 0 atom stereocenters. The molecule has 0 bridgehead atoms. The number of rotatable bonds is 2. The number of fused-ring (bicyclic) bond motifs is 1. The van der Waals surface area contributed by atoms with Crippen LogP contribution in [0.4, 0.5) is 0 Å². The van der Waals surface area contributed by atoms with Crippen LogP contribution in [0.1, 0.15) is 40.5 Å². The number of H-pyrrole nitrogens is 1. The number of nitrogens with zero attached hydrogens (tertiary/aromatic N) is 3. The molecule has 0 aliphatic carbocycles. The van der Waals surface area contributed by atoms with Crippen molar-refractivity contribution >= 4 is 16.9 Å². The number of pyridine rings is 2. The van der Waals surface area contributed by atoms with Gasteiger partial charge in [0.2, 0.25) is 0 Å². The Kier molecular flexibility index (Phi) is 4.11. The summed E-state index contributed by atoms with van der Waals surface area (Å²) in [6.07, 6.45) is 3.55. The molecule has 6 heteroatoms. The normalized spacial score (nSPS) is 15.5. The van der Waals surface area contributed by atoms with Gasteiger partial charge in [0, 0.05) is 43.6 Å². The van der Waals surface area contributed by atoms with Gasteiger partial charge in [-0.2, -0.15) is 0 Å². The summed E-state index contributed by atoms with van der Waals surface area (Å²) in [5.41, 5.74) is 4.08. The third-order valence-corrected chi connectivity index (χ3v) is 5.42. The SMILES string of the molecule is Cc1ccc(C(=O)N2CCC(c3cc4ncccc4[nH]3)CC2)c(=O)n1C. The summed E-state index contributed by atoms with van der Waals surface area (Å²) in [4.78, 5) is 34.7. The van der Waals surface area contributed by atoms with Crippen molar-refractivity contribution in [1.82, 2.24) is 19.4 Å². The van der Waals surface area contributed by atoms with Crippen LogP contribution in [0.3, 0.4) is 0 Å². The molecule has 1 aliphatic rings. The first-order valence-corrected chi connectivity index (χ1v) is 8.94. The number of amides is 1. The van der Waals surface area contributed by atoms with Gasteiger partial charge in [-0.3, -0.25) is 14.6 Å². The minimum atomic E-state index is -0.223. The molecule has 0 aromatic carbocycles. The van der Waals surface area contributed by atoms with Gasteiger partial charge < -0.3 is 14.5 Å². The Morgan fingerprint density at radius 1 is 1.23 bits per heavy atom. The lowest BCUT2D eigenvalue weighted by Gasteiger charge is -2.31. The minimum absolute atomic E-state index is 0.164. The van der Waals surface area contributed by atoms with Gasteiger partial charge in [-0.25, -0.2) is 0 Å². The fourth-order valence-corrected chi connectivity index (χ4v) is 3.65. The van der Waals surface area contributed by atoms with Gasteiger partial charge in [-0.1, -0.05) is 0 Å². The number of carbonyl (C=O) groups excluding carboxylic acids is 1. The van der Waals surface area contributed by atoms with Crippen LogP contribution in [-0.2, 0) is 7.05 Å². The molecule has 1 amide bonds. The van der Waals surface area contributed by atoms with Gasteiger partial charge in [0.15, 0.2) is 0 Å². The van der Waals surface area contributed by atoms with E-state index in [0.29, 0.717) is 19.0 Å². The molecule has 3 aromatic heterocycles. The van der Waals surface area contributed by atoms with E-state index in [4.69, 9.17) is 0 Å². The maximum Gasteiger partial charge on any atom is 0.263 e. The highest BCUT2D eigenvalue weighted by Gasteiger charge is 2.27. The van der Waals surface area contributed by atoms with Crippen molar-refractivity contribution in [1.29, 1.82) is 0 Å². The average molecular weight is 350 g/mol. The molecule has 0 unspecified atom stereocenters. The van der Waals surface area contributed by atoms with Crippen molar-refractivity contribution in [3.8, 4) is 0 Å². The second-order valence-corrected chi connectivity index (χ2v) is 6.98. The van der Waals surface area contributed by atoms with Crippen LogP contribution in [0.15, 0.2) is 41.3 Å². The number of nitrogens with one attached hydrogen (secondary N) is 1. The zero-order valence-corrected chi connectivity index (χ0v) is 15.0. The van der Waals surface area contributed by atoms with E-state index in [1.165, 1.54) is 10.3 Å². The Hall–Kier alpha value is -2.89. The van der Waals surface area contributed by atoms with Crippen molar-refractivity contribution in [3.63, 3.8) is 0 Å². The lowest BCUT2D eigenvalue weighted by molar-refractivity contribution is 0.0710. The summed E-state index contributed by atoms with van der Waals surface area (Å²) in [5.74, 6) is 0.219. The Balaban J connectivity index is 1.49.